The van der Waals surface area contributed by atoms with E-state index in [0.717, 1.165) is 12.5 Å². The van der Waals surface area contributed by atoms with E-state index in [4.69, 9.17) is 0 Å². The Bertz CT molecular complexity index is 676. The number of anilines is 1. The summed E-state index contributed by atoms with van der Waals surface area (Å²) in [5.74, 6) is -0.630. The third-order valence-corrected chi connectivity index (χ3v) is 3.56. The fraction of sp³-hybridized carbons (Fsp3) is 0.429. The van der Waals surface area contributed by atoms with E-state index in [2.05, 4.69) is 5.32 Å². The van der Waals surface area contributed by atoms with Crippen LogP contribution >= 0.6 is 0 Å². The molecule has 10 heteroatoms. The number of likely N-dealkylation sites (tertiary alicyclic amines) is 1. The van der Waals surface area contributed by atoms with Crippen molar-refractivity contribution in [1.82, 2.24) is 4.90 Å². The molecule has 130 valence electrons. The van der Waals surface area contributed by atoms with E-state index in [0.29, 0.717) is 25.1 Å². The molecule has 1 aliphatic heterocycles. The molecule has 0 saturated carbocycles. The maximum atomic E-state index is 12.9. The van der Waals surface area contributed by atoms with Gasteiger partial charge in [0, 0.05) is 37.7 Å². The minimum absolute atomic E-state index is 0.0579. The lowest BCUT2D eigenvalue weighted by Gasteiger charge is -2.15. The van der Waals surface area contributed by atoms with E-state index in [1.165, 1.54) is 4.90 Å². The summed E-state index contributed by atoms with van der Waals surface area (Å²) in [5.41, 5.74) is -2.70. The Balaban J connectivity index is 2.05. The Hall–Kier alpha value is -2.65. The first-order valence-electron chi connectivity index (χ1n) is 7.12. The standard InChI is InChI=1S/C14H14F3N3O4/c15-14(16,17)10-8-9(3-4-11(10)20(23)24)18-12(21)5-7-19-6-1-2-13(19)22/h3-4,8H,1-2,5-7H2,(H,18,21). The van der Waals surface area contributed by atoms with Crippen molar-refractivity contribution in [2.24, 2.45) is 0 Å². The number of halogens is 3. The predicted octanol–water partition coefficient (Wildman–Crippen LogP) is 2.56. The molecule has 1 N–H and O–H groups in total. The number of hydrogen-bond donors (Lipinski definition) is 1. The number of carbonyl (C=O) groups is 2. The van der Waals surface area contributed by atoms with E-state index in [-0.39, 0.29) is 24.6 Å². The smallest absolute Gasteiger partial charge is 0.342 e. The number of amides is 2. The molecular formula is C14H14F3N3O4. The van der Waals surface area contributed by atoms with Gasteiger partial charge >= 0.3 is 6.18 Å². The number of nitrogens with one attached hydrogen (secondary N) is 1. The van der Waals surface area contributed by atoms with Crippen molar-refractivity contribution >= 4 is 23.2 Å². The molecular weight excluding hydrogens is 331 g/mol. The number of nitro groups is 1. The van der Waals surface area contributed by atoms with Gasteiger partial charge in [-0.1, -0.05) is 0 Å². The number of nitro benzene ring substituents is 1. The first-order valence-corrected chi connectivity index (χ1v) is 7.12. The van der Waals surface area contributed by atoms with Gasteiger partial charge < -0.3 is 10.2 Å². The van der Waals surface area contributed by atoms with Crippen LogP contribution in [0.25, 0.3) is 0 Å². The van der Waals surface area contributed by atoms with Crippen molar-refractivity contribution in [1.29, 1.82) is 0 Å². The SMILES string of the molecule is O=C(CCN1CCCC1=O)Nc1ccc([N+](=O)[O-])c(C(F)(F)F)c1. The minimum atomic E-state index is -4.91. The molecule has 1 fully saturated rings. The number of carbonyl (C=O) groups excluding carboxylic acids is 2. The molecule has 2 rings (SSSR count). The van der Waals surface area contributed by atoms with Gasteiger partial charge in [0.15, 0.2) is 0 Å². The minimum Gasteiger partial charge on any atom is -0.342 e. The average Bonchev–Trinajstić information content (AvgIpc) is 2.89. The number of rotatable bonds is 5. The zero-order chi connectivity index (χ0) is 17.9. The van der Waals surface area contributed by atoms with Gasteiger partial charge in [0.2, 0.25) is 11.8 Å². The molecule has 0 radical (unpaired) electrons. The van der Waals surface area contributed by atoms with Crippen LogP contribution in [0.2, 0.25) is 0 Å². The molecule has 0 aromatic heterocycles. The topological polar surface area (TPSA) is 92.6 Å². The second-order valence-electron chi connectivity index (χ2n) is 5.27. The van der Waals surface area contributed by atoms with E-state index in [1.54, 1.807) is 0 Å². The van der Waals surface area contributed by atoms with Crippen molar-refractivity contribution in [3.05, 3.63) is 33.9 Å². The highest BCUT2D eigenvalue weighted by Crippen LogP contribution is 2.37. The fourth-order valence-electron chi connectivity index (χ4n) is 2.40. The van der Waals surface area contributed by atoms with Gasteiger partial charge in [0.1, 0.15) is 5.56 Å². The Labute approximate surface area is 134 Å². The van der Waals surface area contributed by atoms with Crippen molar-refractivity contribution in [3.63, 3.8) is 0 Å². The maximum Gasteiger partial charge on any atom is 0.423 e. The third-order valence-electron chi connectivity index (χ3n) is 3.56. The summed E-state index contributed by atoms with van der Waals surface area (Å²) in [5, 5.41) is 12.9. The molecule has 0 atom stereocenters. The normalized spacial score (nSPS) is 14.8. The molecule has 0 bridgehead atoms. The number of alkyl halides is 3. The van der Waals surface area contributed by atoms with Gasteiger partial charge in [-0.2, -0.15) is 13.2 Å². The van der Waals surface area contributed by atoms with Gasteiger partial charge in [0.05, 0.1) is 4.92 Å². The van der Waals surface area contributed by atoms with Gasteiger partial charge in [-0.3, -0.25) is 19.7 Å². The number of hydrogen-bond acceptors (Lipinski definition) is 4. The quantitative estimate of drug-likeness (QED) is 0.656. The molecule has 24 heavy (non-hydrogen) atoms. The van der Waals surface area contributed by atoms with Crippen LogP contribution in [0.15, 0.2) is 18.2 Å². The van der Waals surface area contributed by atoms with Crippen LogP contribution in [-0.4, -0.2) is 34.7 Å². The zero-order valence-corrected chi connectivity index (χ0v) is 12.4. The molecule has 2 amide bonds. The highest BCUT2D eigenvalue weighted by Gasteiger charge is 2.38. The van der Waals surface area contributed by atoms with Crippen molar-refractivity contribution in [2.45, 2.75) is 25.4 Å². The zero-order valence-electron chi connectivity index (χ0n) is 12.4. The molecule has 1 saturated heterocycles. The largest absolute Gasteiger partial charge is 0.423 e. The van der Waals surface area contributed by atoms with E-state index in [1.807, 2.05) is 0 Å². The van der Waals surface area contributed by atoms with Gasteiger partial charge in [-0.15, -0.1) is 0 Å². The number of benzene rings is 1. The highest BCUT2D eigenvalue weighted by molar-refractivity contribution is 5.91. The molecule has 0 aliphatic carbocycles. The summed E-state index contributed by atoms with van der Waals surface area (Å²) < 4.78 is 38.6. The predicted molar refractivity (Wildman–Crippen MR) is 77.2 cm³/mol. The molecule has 1 aliphatic rings. The Morgan fingerprint density at radius 1 is 1.38 bits per heavy atom. The lowest BCUT2D eigenvalue weighted by atomic mass is 10.1. The molecule has 1 heterocycles. The molecule has 0 spiro atoms. The maximum absolute atomic E-state index is 12.9. The third kappa shape index (κ3) is 4.21. The molecule has 1 aromatic carbocycles. The average molecular weight is 345 g/mol. The first-order chi connectivity index (χ1) is 11.2. The summed E-state index contributed by atoms with van der Waals surface area (Å²) in [6.45, 7) is 0.742. The van der Waals surface area contributed by atoms with E-state index >= 15 is 0 Å². The van der Waals surface area contributed by atoms with E-state index < -0.39 is 28.3 Å². The van der Waals surface area contributed by atoms with Crippen molar-refractivity contribution < 1.29 is 27.7 Å². The molecule has 7 nitrogen and oxygen atoms in total. The van der Waals surface area contributed by atoms with Gasteiger partial charge in [-0.25, -0.2) is 0 Å². The first kappa shape index (κ1) is 17.7. The number of nitrogens with zero attached hydrogens (tertiary/aromatic N) is 2. The van der Waals surface area contributed by atoms with Crippen LogP contribution in [0.1, 0.15) is 24.8 Å². The monoisotopic (exact) mass is 345 g/mol. The van der Waals surface area contributed by atoms with Crippen LogP contribution in [0.3, 0.4) is 0 Å². The Morgan fingerprint density at radius 2 is 2.08 bits per heavy atom. The fourth-order valence-corrected chi connectivity index (χ4v) is 2.40. The summed E-state index contributed by atoms with van der Waals surface area (Å²) in [6, 6.07) is 2.26. The summed E-state index contributed by atoms with van der Waals surface area (Å²) >= 11 is 0. The lowest BCUT2D eigenvalue weighted by Crippen LogP contribution is -2.28. The van der Waals surface area contributed by atoms with Crippen LogP contribution in [-0.2, 0) is 15.8 Å². The van der Waals surface area contributed by atoms with Crippen LogP contribution in [0.5, 0.6) is 0 Å². The van der Waals surface area contributed by atoms with E-state index in [9.17, 15) is 32.9 Å². The van der Waals surface area contributed by atoms with Crippen molar-refractivity contribution in [2.75, 3.05) is 18.4 Å². The Kier molecular flexibility index (Phi) is 5.05. The van der Waals surface area contributed by atoms with Crippen LogP contribution in [0.4, 0.5) is 24.5 Å². The summed E-state index contributed by atoms with van der Waals surface area (Å²) in [7, 11) is 0. The second kappa shape index (κ2) is 6.85. The molecule has 0 unspecified atom stereocenters. The molecule has 1 aromatic rings. The summed E-state index contributed by atoms with van der Waals surface area (Å²) in [6.07, 6.45) is -3.83. The second-order valence-corrected chi connectivity index (χ2v) is 5.27. The summed E-state index contributed by atoms with van der Waals surface area (Å²) in [4.78, 5) is 34.2. The van der Waals surface area contributed by atoms with Crippen LogP contribution < -0.4 is 5.32 Å². The van der Waals surface area contributed by atoms with Gasteiger partial charge in [0.25, 0.3) is 5.69 Å². The van der Waals surface area contributed by atoms with Crippen molar-refractivity contribution in [3.8, 4) is 0 Å². The van der Waals surface area contributed by atoms with Crippen LogP contribution in [0, 0.1) is 10.1 Å². The lowest BCUT2D eigenvalue weighted by molar-refractivity contribution is -0.388. The van der Waals surface area contributed by atoms with Gasteiger partial charge in [-0.05, 0) is 18.6 Å². The Morgan fingerprint density at radius 3 is 2.62 bits per heavy atom. The highest BCUT2D eigenvalue weighted by atomic mass is 19.4.